The van der Waals surface area contributed by atoms with Gasteiger partial charge < -0.3 is 5.32 Å². The Hall–Kier alpha value is -1.41. The Morgan fingerprint density at radius 2 is 1.76 bits per heavy atom. The number of hydrogen-bond donors (Lipinski definition) is 2. The fourth-order valence-electron chi connectivity index (χ4n) is 1.59. The van der Waals surface area contributed by atoms with Crippen LogP contribution in [0.25, 0.3) is 0 Å². The lowest BCUT2D eigenvalue weighted by Gasteiger charge is -2.08. The van der Waals surface area contributed by atoms with E-state index in [0.29, 0.717) is 15.2 Å². The minimum Gasteiger partial charge on any atom is -0.322 e. The first-order chi connectivity index (χ1) is 9.77. The molecule has 0 aromatic heterocycles. The maximum atomic E-state index is 12.2. The Balaban J connectivity index is 2.32. The molecule has 8 heteroatoms. The van der Waals surface area contributed by atoms with Gasteiger partial charge in [-0.1, -0.05) is 11.6 Å². The fraction of sp³-hybridized carbons (Fsp3) is 0. The molecule has 5 nitrogen and oxygen atoms in total. The number of halogens is 2. The molecule has 0 atom stereocenters. The number of hydrogen-bond acceptors (Lipinski definition) is 3. The van der Waals surface area contributed by atoms with E-state index in [1.165, 1.54) is 18.2 Å². The minimum absolute atomic E-state index is 0.132. The van der Waals surface area contributed by atoms with Gasteiger partial charge in [0.1, 0.15) is 0 Å². The number of rotatable bonds is 3. The van der Waals surface area contributed by atoms with E-state index in [1.54, 1.807) is 24.3 Å². The molecule has 110 valence electrons. The molecule has 2 aromatic carbocycles. The SMILES string of the molecule is NS(=O)(=O)c1ccc(Br)c(C(=O)Nc2ccc(Cl)cc2)c1. The zero-order chi connectivity index (χ0) is 15.6. The summed E-state index contributed by atoms with van der Waals surface area (Å²) in [4.78, 5) is 12.1. The van der Waals surface area contributed by atoms with Crippen LogP contribution in [0.1, 0.15) is 10.4 Å². The van der Waals surface area contributed by atoms with Crippen molar-refractivity contribution in [3.63, 3.8) is 0 Å². The molecule has 0 bridgehead atoms. The zero-order valence-electron chi connectivity index (χ0n) is 10.5. The second-order valence-corrected chi connectivity index (χ2v) is 7.00. The predicted molar refractivity (Wildman–Crippen MR) is 84.9 cm³/mol. The van der Waals surface area contributed by atoms with Crippen molar-refractivity contribution in [1.29, 1.82) is 0 Å². The highest BCUT2D eigenvalue weighted by Crippen LogP contribution is 2.22. The van der Waals surface area contributed by atoms with Gasteiger partial charge in [-0.3, -0.25) is 4.79 Å². The van der Waals surface area contributed by atoms with Gasteiger partial charge >= 0.3 is 0 Å². The minimum atomic E-state index is -3.87. The number of benzene rings is 2. The first-order valence-corrected chi connectivity index (χ1v) is 8.38. The highest BCUT2D eigenvalue weighted by Gasteiger charge is 2.15. The monoisotopic (exact) mass is 388 g/mol. The van der Waals surface area contributed by atoms with E-state index in [-0.39, 0.29) is 10.5 Å². The molecule has 0 fully saturated rings. The highest BCUT2D eigenvalue weighted by atomic mass is 79.9. The van der Waals surface area contributed by atoms with Crippen molar-refractivity contribution in [2.75, 3.05) is 5.32 Å². The number of nitrogens with one attached hydrogen (secondary N) is 1. The topological polar surface area (TPSA) is 89.3 Å². The lowest BCUT2D eigenvalue weighted by Crippen LogP contribution is -2.16. The van der Waals surface area contributed by atoms with E-state index in [0.717, 1.165) is 0 Å². The Bertz CT molecular complexity index is 792. The van der Waals surface area contributed by atoms with E-state index in [4.69, 9.17) is 16.7 Å². The van der Waals surface area contributed by atoms with Crippen molar-refractivity contribution in [1.82, 2.24) is 0 Å². The van der Waals surface area contributed by atoms with Crippen molar-refractivity contribution in [3.05, 3.63) is 57.5 Å². The Labute approximate surface area is 135 Å². The third kappa shape index (κ3) is 4.04. The second-order valence-electron chi connectivity index (χ2n) is 4.15. The van der Waals surface area contributed by atoms with E-state index >= 15 is 0 Å². The summed E-state index contributed by atoms with van der Waals surface area (Å²) in [5.74, 6) is -0.463. The van der Waals surface area contributed by atoms with Gasteiger partial charge in [-0.05, 0) is 58.4 Å². The highest BCUT2D eigenvalue weighted by molar-refractivity contribution is 9.10. The molecule has 0 radical (unpaired) electrons. The largest absolute Gasteiger partial charge is 0.322 e. The predicted octanol–water partition coefficient (Wildman–Crippen LogP) is 3.00. The molecule has 2 rings (SSSR count). The standard InChI is InChI=1S/C13H10BrClN2O3S/c14-12-6-5-10(21(16,19)20)7-11(12)13(18)17-9-3-1-8(15)2-4-9/h1-7H,(H,17,18)(H2,16,19,20). The maximum Gasteiger partial charge on any atom is 0.256 e. The van der Waals surface area contributed by atoms with Gasteiger partial charge in [-0.2, -0.15) is 0 Å². The van der Waals surface area contributed by atoms with E-state index in [2.05, 4.69) is 21.2 Å². The van der Waals surface area contributed by atoms with E-state index < -0.39 is 15.9 Å². The summed E-state index contributed by atoms with van der Waals surface area (Å²) >= 11 is 8.97. The van der Waals surface area contributed by atoms with Gasteiger partial charge in [0.15, 0.2) is 0 Å². The number of carbonyl (C=O) groups is 1. The van der Waals surface area contributed by atoms with Gasteiger partial charge in [-0.15, -0.1) is 0 Å². The number of sulfonamides is 1. The quantitative estimate of drug-likeness (QED) is 0.845. The summed E-state index contributed by atoms with van der Waals surface area (Å²) in [5.41, 5.74) is 0.703. The summed E-state index contributed by atoms with van der Waals surface area (Å²) in [6.07, 6.45) is 0. The van der Waals surface area contributed by atoms with Crippen LogP contribution in [0.2, 0.25) is 5.02 Å². The Morgan fingerprint density at radius 1 is 1.14 bits per heavy atom. The molecule has 0 aliphatic heterocycles. The number of primary sulfonamides is 1. The van der Waals surface area contributed by atoms with Crippen LogP contribution >= 0.6 is 27.5 Å². The summed E-state index contributed by atoms with van der Waals surface area (Å²) in [6, 6.07) is 10.5. The van der Waals surface area contributed by atoms with E-state index in [1.807, 2.05) is 0 Å². The number of anilines is 1. The van der Waals surface area contributed by atoms with Crippen LogP contribution in [0, 0.1) is 0 Å². The molecule has 21 heavy (non-hydrogen) atoms. The average Bonchev–Trinajstić information content (AvgIpc) is 2.40. The fourth-order valence-corrected chi connectivity index (χ4v) is 2.68. The molecule has 3 N–H and O–H groups in total. The van der Waals surface area contributed by atoms with Gasteiger partial charge in [-0.25, -0.2) is 13.6 Å². The maximum absolute atomic E-state index is 12.2. The lowest BCUT2D eigenvalue weighted by molar-refractivity contribution is 0.102. The third-order valence-corrected chi connectivity index (χ3v) is 4.47. The molecule has 0 aliphatic carbocycles. The van der Waals surface area contributed by atoms with Crippen molar-refractivity contribution in [2.24, 2.45) is 5.14 Å². The zero-order valence-corrected chi connectivity index (χ0v) is 13.7. The normalized spacial score (nSPS) is 11.2. The third-order valence-electron chi connectivity index (χ3n) is 2.61. The number of amides is 1. The van der Waals surface area contributed by atoms with Crippen LogP contribution in [-0.4, -0.2) is 14.3 Å². The molecule has 0 heterocycles. The lowest BCUT2D eigenvalue weighted by atomic mass is 10.2. The van der Waals surface area contributed by atoms with Crippen molar-refractivity contribution < 1.29 is 13.2 Å². The summed E-state index contributed by atoms with van der Waals surface area (Å²) in [7, 11) is -3.87. The van der Waals surface area contributed by atoms with Gasteiger partial charge in [0.2, 0.25) is 10.0 Å². The first-order valence-electron chi connectivity index (χ1n) is 5.66. The average molecular weight is 390 g/mol. The molecule has 0 unspecified atom stereocenters. The molecule has 0 spiro atoms. The van der Waals surface area contributed by atoms with Gasteiger partial charge in [0.25, 0.3) is 5.91 Å². The number of carbonyl (C=O) groups excluding carboxylic acids is 1. The Morgan fingerprint density at radius 3 is 2.33 bits per heavy atom. The van der Waals surface area contributed by atoms with Crippen LogP contribution < -0.4 is 10.5 Å². The van der Waals surface area contributed by atoms with Crippen molar-refractivity contribution >= 4 is 49.1 Å². The van der Waals surface area contributed by atoms with Crippen LogP contribution in [-0.2, 0) is 10.0 Å². The van der Waals surface area contributed by atoms with Crippen LogP contribution in [0.15, 0.2) is 51.8 Å². The van der Waals surface area contributed by atoms with Crippen molar-refractivity contribution in [3.8, 4) is 0 Å². The second kappa shape index (κ2) is 6.15. The summed E-state index contributed by atoms with van der Waals surface area (Å²) in [6.45, 7) is 0. The van der Waals surface area contributed by atoms with Crippen LogP contribution in [0.3, 0.4) is 0 Å². The molecule has 1 amide bonds. The molecule has 0 saturated heterocycles. The van der Waals surface area contributed by atoms with Crippen LogP contribution in [0.4, 0.5) is 5.69 Å². The van der Waals surface area contributed by atoms with E-state index in [9.17, 15) is 13.2 Å². The molecule has 2 aromatic rings. The van der Waals surface area contributed by atoms with Gasteiger partial charge in [0.05, 0.1) is 10.5 Å². The van der Waals surface area contributed by atoms with Gasteiger partial charge in [0, 0.05) is 15.2 Å². The summed E-state index contributed by atoms with van der Waals surface area (Å²) < 4.78 is 23.1. The number of nitrogens with two attached hydrogens (primary N) is 1. The van der Waals surface area contributed by atoms with Crippen LogP contribution in [0.5, 0.6) is 0 Å². The van der Waals surface area contributed by atoms with Crippen molar-refractivity contribution in [2.45, 2.75) is 4.90 Å². The molecule has 0 aliphatic rings. The molecular weight excluding hydrogens is 380 g/mol. The first kappa shape index (κ1) is 16.0. The summed E-state index contributed by atoms with van der Waals surface area (Å²) in [5, 5.41) is 8.24. The molecule has 0 saturated carbocycles. The smallest absolute Gasteiger partial charge is 0.256 e. The molecular formula is C13H10BrClN2O3S. The Kier molecular flexibility index (Phi) is 4.67.